The third-order valence-corrected chi connectivity index (χ3v) is 2.22. The fourth-order valence-electron chi connectivity index (χ4n) is 1.27. The molecule has 0 fully saturated rings. The summed E-state index contributed by atoms with van der Waals surface area (Å²) in [4.78, 5) is 2.21. The minimum Gasteiger partial charge on any atom is -0.392 e. The zero-order chi connectivity index (χ0) is 12.4. The average molecular weight is 233 g/mol. The molecule has 2 atom stereocenters. The van der Waals surface area contributed by atoms with Crippen molar-refractivity contribution in [1.82, 2.24) is 15.5 Å². The van der Waals surface area contributed by atoms with Crippen LogP contribution in [0.15, 0.2) is 0 Å². The van der Waals surface area contributed by atoms with Gasteiger partial charge in [-0.2, -0.15) is 0 Å². The Morgan fingerprint density at radius 1 is 0.938 bits per heavy atom. The first kappa shape index (κ1) is 15.8. The third-order valence-electron chi connectivity index (χ3n) is 2.22. The molecule has 4 N–H and O–H groups in total. The highest BCUT2D eigenvalue weighted by Crippen LogP contribution is 1.81. The SMILES string of the molecule is CC(O)CNCCN(C)CCNCC(C)O. The van der Waals surface area contributed by atoms with Crippen LogP contribution in [0, 0.1) is 0 Å². The van der Waals surface area contributed by atoms with Gasteiger partial charge in [0, 0.05) is 39.3 Å². The van der Waals surface area contributed by atoms with Gasteiger partial charge in [0.2, 0.25) is 0 Å². The molecule has 0 saturated carbocycles. The van der Waals surface area contributed by atoms with Gasteiger partial charge in [-0.05, 0) is 20.9 Å². The van der Waals surface area contributed by atoms with Crippen molar-refractivity contribution in [2.24, 2.45) is 0 Å². The molecule has 0 saturated heterocycles. The van der Waals surface area contributed by atoms with Crippen LogP contribution in [0.2, 0.25) is 0 Å². The Balaban J connectivity index is 3.21. The second-order valence-corrected chi connectivity index (χ2v) is 4.41. The van der Waals surface area contributed by atoms with Crippen LogP contribution in [0.3, 0.4) is 0 Å². The van der Waals surface area contributed by atoms with Crippen LogP contribution in [-0.2, 0) is 0 Å². The molecule has 2 unspecified atom stereocenters. The molecule has 0 aromatic heterocycles. The Hall–Kier alpha value is -0.200. The lowest BCUT2D eigenvalue weighted by molar-refractivity contribution is 0.186. The molecule has 0 bridgehead atoms. The second kappa shape index (κ2) is 9.99. The number of hydrogen-bond acceptors (Lipinski definition) is 5. The maximum Gasteiger partial charge on any atom is 0.0636 e. The van der Waals surface area contributed by atoms with E-state index >= 15 is 0 Å². The highest BCUT2D eigenvalue weighted by atomic mass is 16.3. The highest BCUT2D eigenvalue weighted by molar-refractivity contribution is 4.60. The summed E-state index contributed by atoms with van der Waals surface area (Å²) in [5.74, 6) is 0. The van der Waals surface area contributed by atoms with Gasteiger partial charge >= 0.3 is 0 Å². The van der Waals surface area contributed by atoms with E-state index in [9.17, 15) is 0 Å². The average Bonchev–Trinajstić information content (AvgIpc) is 2.19. The van der Waals surface area contributed by atoms with Gasteiger partial charge in [-0.3, -0.25) is 0 Å². The number of aliphatic hydroxyl groups is 2. The normalized spacial score (nSPS) is 15.4. The molecule has 0 heterocycles. The lowest BCUT2D eigenvalue weighted by atomic mass is 10.4. The molecule has 16 heavy (non-hydrogen) atoms. The van der Waals surface area contributed by atoms with Crippen molar-refractivity contribution in [3.63, 3.8) is 0 Å². The lowest BCUT2D eigenvalue weighted by Crippen LogP contribution is -2.37. The van der Waals surface area contributed by atoms with E-state index in [2.05, 4.69) is 22.6 Å². The van der Waals surface area contributed by atoms with E-state index in [4.69, 9.17) is 10.2 Å². The molecule has 0 radical (unpaired) electrons. The number of nitrogens with one attached hydrogen (secondary N) is 2. The standard InChI is InChI=1S/C11H27N3O2/c1-10(15)8-12-4-6-14(3)7-5-13-9-11(2)16/h10-13,15-16H,4-9H2,1-3H3. The first-order chi connectivity index (χ1) is 7.52. The Kier molecular flexibility index (Phi) is 9.86. The summed E-state index contributed by atoms with van der Waals surface area (Å²) in [6, 6.07) is 0. The summed E-state index contributed by atoms with van der Waals surface area (Å²) in [6.45, 7) is 8.54. The molecule has 0 aromatic carbocycles. The Bertz CT molecular complexity index is 138. The molecule has 0 rings (SSSR count). The summed E-state index contributed by atoms with van der Waals surface area (Å²) in [5.41, 5.74) is 0. The monoisotopic (exact) mass is 233 g/mol. The van der Waals surface area contributed by atoms with Gasteiger partial charge in [0.1, 0.15) is 0 Å². The van der Waals surface area contributed by atoms with E-state index in [0.717, 1.165) is 26.2 Å². The van der Waals surface area contributed by atoms with Gasteiger partial charge in [-0.25, -0.2) is 0 Å². The number of hydrogen-bond donors (Lipinski definition) is 4. The molecule has 0 aliphatic heterocycles. The lowest BCUT2D eigenvalue weighted by Gasteiger charge is -2.17. The molecule has 0 aliphatic rings. The first-order valence-corrected chi connectivity index (χ1v) is 5.98. The fraction of sp³-hybridized carbons (Fsp3) is 1.00. The summed E-state index contributed by atoms with van der Waals surface area (Å²) in [5, 5.41) is 24.4. The molecule has 0 amide bonds. The summed E-state index contributed by atoms with van der Waals surface area (Å²) in [6.07, 6.45) is -0.559. The fourth-order valence-corrected chi connectivity index (χ4v) is 1.27. The van der Waals surface area contributed by atoms with E-state index in [-0.39, 0.29) is 12.2 Å². The van der Waals surface area contributed by atoms with Crippen LogP contribution in [-0.4, -0.2) is 73.6 Å². The second-order valence-electron chi connectivity index (χ2n) is 4.41. The van der Waals surface area contributed by atoms with Crippen LogP contribution in [0.25, 0.3) is 0 Å². The van der Waals surface area contributed by atoms with Gasteiger partial charge in [0.15, 0.2) is 0 Å². The number of likely N-dealkylation sites (N-methyl/N-ethyl adjacent to an activating group) is 1. The largest absolute Gasteiger partial charge is 0.392 e. The van der Waals surface area contributed by atoms with Gasteiger partial charge in [0.25, 0.3) is 0 Å². The molecular formula is C11H27N3O2. The molecule has 0 aromatic rings. The quantitative estimate of drug-likeness (QED) is 0.359. The number of aliphatic hydroxyl groups excluding tert-OH is 2. The van der Waals surface area contributed by atoms with Crippen molar-refractivity contribution in [3.05, 3.63) is 0 Å². The van der Waals surface area contributed by atoms with E-state index in [1.165, 1.54) is 0 Å². The van der Waals surface area contributed by atoms with E-state index in [0.29, 0.717) is 13.1 Å². The number of nitrogens with zero attached hydrogens (tertiary/aromatic N) is 1. The minimum atomic E-state index is -0.280. The summed E-state index contributed by atoms with van der Waals surface area (Å²) >= 11 is 0. The van der Waals surface area contributed by atoms with Crippen molar-refractivity contribution in [2.75, 3.05) is 46.3 Å². The topological polar surface area (TPSA) is 67.8 Å². The molecular weight excluding hydrogens is 206 g/mol. The van der Waals surface area contributed by atoms with Crippen LogP contribution in [0.5, 0.6) is 0 Å². The zero-order valence-electron chi connectivity index (χ0n) is 10.7. The van der Waals surface area contributed by atoms with Crippen LogP contribution in [0.1, 0.15) is 13.8 Å². The molecule has 98 valence electrons. The first-order valence-electron chi connectivity index (χ1n) is 5.98. The van der Waals surface area contributed by atoms with Crippen LogP contribution >= 0.6 is 0 Å². The molecule has 5 nitrogen and oxygen atoms in total. The van der Waals surface area contributed by atoms with Crippen LogP contribution < -0.4 is 10.6 Å². The van der Waals surface area contributed by atoms with E-state index < -0.39 is 0 Å². The summed E-state index contributed by atoms with van der Waals surface area (Å²) in [7, 11) is 2.06. The van der Waals surface area contributed by atoms with Crippen molar-refractivity contribution < 1.29 is 10.2 Å². The third kappa shape index (κ3) is 11.9. The Morgan fingerprint density at radius 3 is 1.62 bits per heavy atom. The van der Waals surface area contributed by atoms with Gasteiger partial charge < -0.3 is 25.7 Å². The van der Waals surface area contributed by atoms with Gasteiger partial charge in [-0.15, -0.1) is 0 Å². The highest BCUT2D eigenvalue weighted by Gasteiger charge is 1.99. The van der Waals surface area contributed by atoms with Crippen LogP contribution in [0.4, 0.5) is 0 Å². The Labute approximate surface area is 98.8 Å². The maximum absolute atomic E-state index is 9.03. The van der Waals surface area contributed by atoms with Gasteiger partial charge in [-0.1, -0.05) is 0 Å². The minimum absolute atomic E-state index is 0.280. The smallest absolute Gasteiger partial charge is 0.0636 e. The van der Waals surface area contributed by atoms with Gasteiger partial charge in [0.05, 0.1) is 12.2 Å². The predicted molar refractivity (Wildman–Crippen MR) is 66.6 cm³/mol. The van der Waals surface area contributed by atoms with Crippen molar-refractivity contribution >= 4 is 0 Å². The predicted octanol–water partition coefficient (Wildman–Crippen LogP) is -1.14. The molecule has 0 aliphatic carbocycles. The van der Waals surface area contributed by atoms with E-state index in [1.54, 1.807) is 13.8 Å². The molecule has 5 heteroatoms. The molecule has 0 spiro atoms. The maximum atomic E-state index is 9.03. The van der Waals surface area contributed by atoms with Crippen molar-refractivity contribution in [3.8, 4) is 0 Å². The van der Waals surface area contributed by atoms with Crippen molar-refractivity contribution in [1.29, 1.82) is 0 Å². The number of rotatable bonds is 10. The Morgan fingerprint density at radius 2 is 1.31 bits per heavy atom. The van der Waals surface area contributed by atoms with Crippen molar-refractivity contribution in [2.45, 2.75) is 26.1 Å². The zero-order valence-corrected chi connectivity index (χ0v) is 10.7. The summed E-state index contributed by atoms with van der Waals surface area (Å²) < 4.78 is 0. The van der Waals surface area contributed by atoms with E-state index in [1.807, 2.05) is 0 Å².